The van der Waals surface area contributed by atoms with Crippen molar-refractivity contribution < 1.29 is 19.1 Å². The van der Waals surface area contributed by atoms with Gasteiger partial charge < -0.3 is 14.8 Å². The highest BCUT2D eigenvalue weighted by molar-refractivity contribution is 6.33. The van der Waals surface area contributed by atoms with E-state index in [0.717, 1.165) is 57.7 Å². The maximum Gasteiger partial charge on any atom is 0.343 e. The molecule has 33 heavy (non-hydrogen) atoms. The molecule has 178 valence electrons. The maximum atomic E-state index is 12.7. The number of hydrogen-bond acceptors (Lipinski definition) is 6. The Balaban J connectivity index is 1.35. The Kier molecular flexibility index (Phi) is 7.67. The molecule has 1 aliphatic heterocycles. The van der Waals surface area contributed by atoms with Gasteiger partial charge in [-0.2, -0.15) is 5.10 Å². The average molecular weight is 475 g/mol. The highest BCUT2D eigenvalue weighted by Crippen LogP contribution is 2.34. The predicted octanol–water partition coefficient (Wildman–Crippen LogP) is 3.14. The number of nitrogens with zero attached hydrogens (tertiary/aromatic N) is 3. The smallest absolute Gasteiger partial charge is 0.343 e. The van der Waals surface area contributed by atoms with E-state index in [2.05, 4.69) is 15.3 Å². The van der Waals surface area contributed by atoms with E-state index in [4.69, 9.17) is 21.1 Å². The minimum absolute atomic E-state index is 0.0432. The van der Waals surface area contributed by atoms with Crippen molar-refractivity contribution in [2.24, 2.45) is 0 Å². The molecule has 0 unspecified atom stereocenters. The molecule has 2 aliphatic rings. The molecule has 1 amide bonds. The van der Waals surface area contributed by atoms with Gasteiger partial charge in [-0.25, -0.2) is 9.48 Å². The summed E-state index contributed by atoms with van der Waals surface area (Å²) < 4.78 is 12.3. The fourth-order valence-corrected chi connectivity index (χ4v) is 5.19. The number of ether oxygens (including phenoxy) is 2. The van der Waals surface area contributed by atoms with Gasteiger partial charge in [0.25, 0.3) is 5.91 Å². The Labute approximate surface area is 199 Å². The number of halogens is 1. The summed E-state index contributed by atoms with van der Waals surface area (Å²) in [5.41, 5.74) is 1.31. The molecule has 9 heteroatoms. The van der Waals surface area contributed by atoms with Crippen LogP contribution in [0.15, 0.2) is 30.3 Å². The molecule has 0 radical (unpaired) electrons. The number of esters is 1. The van der Waals surface area contributed by atoms with Crippen LogP contribution in [0.5, 0.6) is 0 Å². The highest BCUT2D eigenvalue weighted by Gasteiger charge is 2.38. The summed E-state index contributed by atoms with van der Waals surface area (Å²) in [4.78, 5) is 27.7. The number of carbonyl (C=O) groups excluding carboxylic acids is 2. The van der Waals surface area contributed by atoms with Gasteiger partial charge in [0.15, 0.2) is 6.61 Å². The summed E-state index contributed by atoms with van der Waals surface area (Å²) in [6, 6.07) is 9.30. The number of hydrogen-bond donors (Lipinski definition) is 1. The number of carbonyl (C=O) groups is 2. The molecule has 2 fully saturated rings. The maximum absolute atomic E-state index is 12.7. The first-order valence-electron chi connectivity index (χ1n) is 11.6. The Bertz CT molecular complexity index is 966. The Morgan fingerprint density at radius 3 is 2.55 bits per heavy atom. The number of aryl methyl sites for hydroxylation is 1. The van der Waals surface area contributed by atoms with E-state index < -0.39 is 5.97 Å². The number of aromatic nitrogens is 2. The van der Waals surface area contributed by atoms with Gasteiger partial charge in [0.2, 0.25) is 0 Å². The molecule has 1 N–H and O–H groups in total. The lowest BCUT2D eigenvalue weighted by Crippen LogP contribution is -2.59. The molecule has 8 nitrogen and oxygen atoms in total. The van der Waals surface area contributed by atoms with Crippen LogP contribution in [0.2, 0.25) is 5.15 Å². The third kappa shape index (κ3) is 5.39. The second-order valence-electron chi connectivity index (χ2n) is 8.74. The van der Waals surface area contributed by atoms with Crippen molar-refractivity contribution in [1.29, 1.82) is 0 Å². The largest absolute Gasteiger partial charge is 0.452 e. The minimum Gasteiger partial charge on any atom is -0.452 e. The van der Waals surface area contributed by atoms with Gasteiger partial charge in [0.05, 0.1) is 24.6 Å². The van der Waals surface area contributed by atoms with E-state index in [9.17, 15) is 9.59 Å². The molecule has 0 spiro atoms. The first-order chi connectivity index (χ1) is 16.0. The van der Waals surface area contributed by atoms with Crippen molar-refractivity contribution in [2.45, 2.75) is 44.6 Å². The van der Waals surface area contributed by atoms with Crippen LogP contribution < -0.4 is 5.32 Å². The number of amides is 1. The Hall–Kier alpha value is -2.42. The van der Waals surface area contributed by atoms with Gasteiger partial charge in [-0.05, 0) is 31.9 Å². The van der Waals surface area contributed by atoms with Crippen molar-refractivity contribution in [3.05, 3.63) is 46.7 Å². The molecule has 0 bridgehead atoms. The summed E-state index contributed by atoms with van der Waals surface area (Å²) in [6.07, 6.45) is 5.66. The van der Waals surface area contributed by atoms with Crippen molar-refractivity contribution in [3.8, 4) is 5.69 Å². The quantitative estimate of drug-likeness (QED) is 0.620. The topological polar surface area (TPSA) is 85.7 Å². The molecule has 1 saturated carbocycles. The fraction of sp³-hybridized carbons (Fsp3) is 0.542. The second kappa shape index (κ2) is 10.7. The van der Waals surface area contributed by atoms with Crippen LogP contribution in [0, 0.1) is 6.92 Å². The van der Waals surface area contributed by atoms with Crippen LogP contribution >= 0.6 is 11.6 Å². The van der Waals surface area contributed by atoms with Gasteiger partial charge in [-0.1, -0.05) is 49.1 Å². The number of para-hydroxylation sites is 1. The van der Waals surface area contributed by atoms with Crippen LogP contribution in [0.25, 0.3) is 5.69 Å². The van der Waals surface area contributed by atoms with Crippen LogP contribution in [-0.4, -0.2) is 71.6 Å². The molecule has 0 atom stereocenters. The molecule has 1 aliphatic carbocycles. The number of rotatable bonds is 7. The molecule has 2 aromatic rings. The highest BCUT2D eigenvalue weighted by atomic mass is 35.5. The number of morpholine rings is 1. The third-order valence-corrected chi connectivity index (χ3v) is 6.97. The number of benzene rings is 1. The minimum atomic E-state index is -0.657. The van der Waals surface area contributed by atoms with Gasteiger partial charge in [-0.3, -0.25) is 9.69 Å². The van der Waals surface area contributed by atoms with Crippen molar-refractivity contribution in [3.63, 3.8) is 0 Å². The lowest BCUT2D eigenvalue weighted by molar-refractivity contribution is -0.125. The monoisotopic (exact) mass is 474 g/mol. The molecule has 1 saturated heterocycles. The summed E-state index contributed by atoms with van der Waals surface area (Å²) in [5, 5.41) is 7.52. The summed E-state index contributed by atoms with van der Waals surface area (Å²) >= 11 is 6.42. The van der Waals surface area contributed by atoms with E-state index in [-0.39, 0.29) is 28.8 Å². The van der Waals surface area contributed by atoms with Crippen molar-refractivity contribution in [1.82, 2.24) is 20.0 Å². The van der Waals surface area contributed by atoms with Gasteiger partial charge >= 0.3 is 5.97 Å². The third-order valence-electron chi connectivity index (χ3n) is 6.62. The zero-order valence-electron chi connectivity index (χ0n) is 19.0. The molecule has 2 heterocycles. The van der Waals surface area contributed by atoms with Gasteiger partial charge in [-0.15, -0.1) is 0 Å². The average Bonchev–Trinajstić information content (AvgIpc) is 3.16. The molecule has 1 aromatic heterocycles. The number of nitrogens with one attached hydrogen (secondary N) is 1. The molecular weight excluding hydrogens is 444 g/mol. The fourth-order valence-electron chi connectivity index (χ4n) is 4.84. The summed E-state index contributed by atoms with van der Waals surface area (Å²) in [7, 11) is 0. The predicted molar refractivity (Wildman–Crippen MR) is 125 cm³/mol. The van der Waals surface area contributed by atoms with Crippen LogP contribution in [0.4, 0.5) is 0 Å². The van der Waals surface area contributed by atoms with Gasteiger partial charge in [0.1, 0.15) is 10.7 Å². The van der Waals surface area contributed by atoms with Crippen molar-refractivity contribution >= 4 is 23.5 Å². The SMILES string of the molecule is Cc1nn(-c2ccccc2)c(Cl)c1C(=O)OCC(=O)NCC1(N2CCOCC2)CCCCC1. The van der Waals surface area contributed by atoms with E-state index >= 15 is 0 Å². The molecule has 4 rings (SSSR count). The first kappa shape index (κ1) is 23.7. The van der Waals surface area contributed by atoms with Crippen LogP contribution in [-0.2, 0) is 14.3 Å². The zero-order valence-corrected chi connectivity index (χ0v) is 19.8. The van der Waals surface area contributed by atoms with E-state index in [1.54, 1.807) is 6.92 Å². The van der Waals surface area contributed by atoms with E-state index in [0.29, 0.717) is 12.2 Å². The van der Waals surface area contributed by atoms with Crippen LogP contribution in [0.3, 0.4) is 0 Å². The molecular formula is C24H31ClN4O4. The normalized spacial score (nSPS) is 18.6. The lowest BCUT2D eigenvalue weighted by Gasteiger charge is -2.48. The molecule has 1 aromatic carbocycles. The van der Waals surface area contributed by atoms with Gasteiger partial charge in [0, 0.05) is 25.2 Å². The summed E-state index contributed by atoms with van der Waals surface area (Å²) in [5.74, 6) is -0.971. The van der Waals surface area contributed by atoms with E-state index in [1.165, 1.54) is 11.1 Å². The van der Waals surface area contributed by atoms with E-state index in [1.807, 2.05) is 30.3 Å². The zero-order chi connectivity index (χ0) is 23.3. The lowest BCUT2D eigenvalue weighted by atomic mass is 9.79. The standard InChI is InChI=1S/C24H31ClN4O4/c1-18-21(22(25)29(27-18)19-8-4-2-5-9-19)23(31)33-16-20(30)26-17-24(10-6-3-7-11-24)28-12-14-32-15-13-28/h2,4-5,8-9H,3,6-7,10-17H2,1H3,(H,26,30). The second-order valence-corrected chi connectivity index (χ2v) is 9.09. The summed E-state index contributed by atoms with van der Waals surface area (Å²) in [6.45, 7) is 5.10. The Morgan fingerprint density at radius 1 is 1.15 bits per heavy atom. The van der Waals surface area contributed by atoms with Crippen molar-refractivity contribution in [2.75, 3.05) is 39.5 Å². The van der Waals surface area contributed by atoms with Crippen LogP contribution in [0.1, 0.15) is 48.2 Å². The Morgan fingerprint density at radius 2 is 1.85 bits per heavy atom. The first-order valence-corrected chi connectivity index (χ1v) is 12.0.